The van der Waals surface area contributed by atoms with E-state index in [9.17, 15) is 18.0 Å². The third-order valence-corrected chi connectivity index (χ3v) is 7.30. The van der Waals surface area contributed by atoms with Gasteiger partial charge in [0, 0.05) is 23.5 Å². The summed E-state index contributed by atoms with van der Waals surface area (Å²) >= 11 is 1.30. The predicted octanol–water partition coefficient (Wildman–Crippen LogP) is 3.27. The molecule has 1 aromatic heterocycles. The molecule has 0 bridgehead atoms. The van der Waals surface area contributed by atoms with Crippen LogP contribution in [-0.2, 0) is 14.8 Å². The zero-order chi connectivity index (χ0) is 19.4. The summed E-state index contributed by atoms with van der Waals surface area (Å²) in [6.07, 6.45) is 2.78. The van der Waals surface area contributed by atoms with Crippen molar-refractivity contribution < 1.29 is 22.7 Å². The minimum absolute atomic E-state index is 0.173. The average Bonchev–Trinajstić information content (AvgIpc) is 3.13. The molecule has 1 aromatic carbocycles. The zero-order valence-electron chi connectivity index (χ0n) is 15.0. The minimum atomic E-state index is -3.53. The van der Waals surface area contributed by atoms with Crippen molar-refractivity contribution in [1.29, 1.82) is 0 Å². The summed E-state index contributed by atoms with van der Waals surface area (Å²) in [6, 6.07) is 9.26. The molecule has 1 fully saturated rings. The summed E-state index contributed by atoms with van der Waals surface area (Å²) in [5, 5.41) is 0. The number of carbonyl (C=O) groups is 2. The van der Waals surface area contributed by atoms with Gasteiger partial charge in [0.25, 0.3) is 0 Å². The first kappa shape index (κ1) is 19.7. The number of piperidine rings is 1. The van der Waals surface area contributed by atoms with Gasteiger partial charge in [0.2, 0.25) is 10.0 Å². The summed E-state index contributed by atoms with van der Waals surface area (Å²) in [6.45, 7) is 2.56. The topological polar surface area (TPSA) is 80.8 Å². The van der Waals surface area contributed by atoms with Crippen molar-refractivity contribution in [2.75, 3.05) is 19.7 Å². The van der Waals surface area contributed by atoms with E-state index in [0.29, 0.717) is 23.5 Å². The highest BCUT2D eigenvalue weighted by molar-refractivity contribution is 7.89. The number of Topliss-reactive ketones (excluding diaryl/α,β-unsaturated/α-hetero) is 1. The molecule has 1 aliphatic rings. The molecule has 2 heterocycles. The summed E-state index contributed by atoms with van der Waals surface area (Å²) < 4.78 is 31.8. The van der Waals surface area contributed by atoms with Crippen molar-refractivity contribution in [3.8, 4) is 0 Å². The molecule has 6 nitrogen and oxygen atoms in total. The van der Waals surface area contributed by atoms with Crippen LogP contribution in [0.15, 0.2) is 41.3 Å². The first-order valence-corrected chi connectivity index (χ1v) is 11.0. The molecule has 0 unspecified atom stereocenters. The molecule has 0 amide bonds. The smallest absolute Gasteiger partial charge is 0.348 e. The molecule has 3 rings (SSSR count). The second-order valence-corrected chi connectivity index (χ2v) is 9.62. The first-order chi connectivity index (χ1) is 12.9. The summed E-state index contributed by atoms with van der Waals surface area (Å²) in [5.74, 6) is -0.913. The Balaban J connectivity index is 1.62. The fourth-order valence-corrected chi connectivity index (χ4v) is 5.18. The van der Waals surface area contributed by atoms with E-state index in [-0.39, 0.29) is 17.3 Å². The van der Waals surface area contributed by atoms with E-state index in [0.717, 1.165) is 24.1 Å². The maximum Gasteiger partial charge on any atom is 0.348 e. The number of aryl methyl sites for hydroxylation is 1. The van der Waals surface area contributed by atoms with Crippen molar-refractivity contribution in [3.63, 3.8) is 0 Å². The van der Waals surface area contributed by atoms with Crippen LogP contribution in [0.2, 0.25) is 0 Å². The molecule has 0 spiro atoms. The van der Waals surface area contributed by atoms with Crippen LogP contribution in [0.1, 0.15) is 44.2 Å². The highest BCUT2D eigenvalue weighted by Crippen LogP contribution is 2.21. The van der Waals surface area contributed by atoms with Crippen LogP contribution in [0.25, 0.3) is 0 Å². The van der Waals surface area contributed by atoms with Gasteiger partial charge >= 0.3 is 5.97 Å². The molecular formula is C19H21NO5S2. The van der Waals surface area contributed by atoms with Gasteiger partial charge < -0.3 is 4.74 Å². The molecule has 0 radical (unpaired) electrons. The molecule has 0 aliphatic carbocycles. The predicted molar refractivity (Wildman–Crippen MR) is 103 cm³/mol. The quantitative estimate of drug-likeness (QED) is 0.542. The highest BCUT2D eigenvalue weighted by Gasteiger charge is 2.26. The Morgan fingerprint density at radius 2 is 1.70 bits per heavy atom. The van der Waals surface area contributed by atoms with Crippen LogP contribution in [-0.4, -0.2) is 44.2 Å². The molecule has 0 atom stereocenters. The van der Waals surface area contributed by atoms with Gasteiger partial charge in [0.1, 0.15) is 4.88 Å². The van der Waals surface area contributed by atoms with E-state index in [1.807, 2.05) is 13.0 Å². The number of nitrogens with zero attached hydrogens (tertiary/aromatic N) is 1. The standard InChI is InChI=1S/C19H21NO5S2/c1-14-5-10-18(26-14)19(22)25-13-17(21)15-6-8-16(9-7-15)27(23,24)20-11-3-2-4-12-20/h5-10H,2-4,11-13H2,1H3. The SMILES string of the molecule is Cc1ccc(C(=O)OCC(=O)c2ccc(S(=O)(=O)N3CCCCC3)cc2)s1. The largest absolute Gasteiger partial charge is 0.453 e. The van der Waals surface area contributed by atoms with E-state index in [1.165, 1.54) is 39.9 Å². The number of carbonyl (C=O) groups excluding carboxylic acids is 2. The maximum absolute atomic E-state index is 12.6. The van der Waals surface area contributed by atoms with E-state index in [1.54, 1.807) is 6.07 Å². The van der Waals surface area contributed by atoms with Gasteiger partial charge in [0.05, 0.1) is 4.90 Å². The Morgan fingerprint density at radius 3 is 2.30 bits per heavy atom. The number of sulfonamides is 1. The highest BCUT2D eigenvalue weighted by atomic mass is 32.2. The third kappa shape index (κ3) is 4.63. The zero-order valence-corrected chi connectivity index (χ0v) is 16.6. The second-order valence-electron chi connectivity index (χ2n) is 6.40. The molecule has 144 valence electrons. The normalized spacial score (nSPS) is 15.4. The van der Waals surface area contributed by atoms with Crippen molar-refractivity contribution in [1.82, 2.24) is 4.31 Å². The number of benzene rings is 1. The average molecular weight is 408 g/mol. The fraction of sp³-hybridized carbons (Fsp3) is 0.368. The Hall–Kier alpha value is -2.03. The number of esters is 1. The first-order valence-electron chi connectivity index (χ1n) is 8.75. The Kier molecular flexibility index (Phi) is 6.08. The lowest BCUT2D eigenvalue weighted by Gasteiger charge is -2.25. The number of hydrogen-bond acceptors (Lipinski definition) is 6. The maximum atomic E-state index is 12.6. The Morgan fingerprint density at radius 1 is 1.04 bits per heavy atom. The van der Waals surface area contributed by atoms with Crippen molar-refractivity contribution in [2.45, 2.75) is 31.1 Å². The number of hydrogen-bond donors (Lipinski definition) is 0. The molecule has 8 heteroatoms. The molecule has 1 saturated heterocycles. The summed E-state index contributed by atoms with van der Waals surface area (Å²) in [4.78, 5) is 25.7. The number of thiophene rings is 1. The molecule has 27 heavy (non-hydrogen) atoms. The van der Waals surface area contributed by atoms with E-state index >= 15 is 0 Å². The van der Waals surface area contributed by atoms with Crippen LogP contribution < -0.4 is 0 Å². The van der Waals surface area contributed by atoms with Crippen LogP contribution in [0, 0.1) is 6.92 Å². The van der Waals surface area contributed by atoms with Gasteiger partial charge in [-0.3, -0.25) is 4.79 Å². The third-order valence-electron chi connectivity index (χ3n) is 4.41. The van der Waals surface area contributed by atoms with Gasteiger partial charge in [-0.1, -0.05) is 6.42 Å². The van der Waals surface area contributed by atoms with E-state index in [2.05, 4.69) is 0 Å². The number of ketones is 1. The molecule has 0 saturated carbocycles. The van der Waals surface area contributed by atoms with Gasteiger partial charge in [-0.15, -0.1) is 11.3 Å². The fourth-order valence-electron chi connectivity index (χ4n) is 2.90. The lowest BCUT2D eigenvalue weighted by molar-refractivity contribution is 0.0479. The summed E-state index contributed by atoms with van der Waals surface area (Å²) in [7, 11) is -3.53. The summed E-state index contributed by atoms with van der Waals surface area (Å²) in [5.41, 5.74) is 0.308. The molecule has 0 N–H and O–H groups in total. The van der Waals surface area contributed by atoms with Crippen molar-refractivity contribution >= 4 is 33.1 Å². The number of rotatable bonds is 6. The van der Waals surface area contributed by atoms with Crippen LogP contribution >= 0.6 is 11.3 Å². The van der Waals surface area contributed by atoms with Crippen LogP contribution in [0.5, 0.6) is 0 Å². The van der Waals surface area contributed by atoms with Crippen LogP contribution in [0.4, 0.5) is 0 Å². The van der Waals surface area contributed by atoms with E-state index < -0.39 is 16.0 Å². The van der Waals surface area contributed by atoms with Crippen LogP contribution in [0.3, 0.4) is 0 Å². The van der Waals surface area contributed by atoms with Gasteiger partial charge in [-0.05, 0) is 56.2 Å². The monoisotopic (exact) mass is 407 g/mol. The lowest BCUT2D eigenvalue weighted by atomic mass is 10.1. The molecule has 2 aromatic rings. The molecular weight excluding hydrogens is 386 g/mol. The van der Waals surface area contributed by atoms with Crippen molar-refractivity contribution in [3.05, 3.63) is 51.7 Å². The van der Waals surface area contributed by atoms with Gasteiger partial charge in [0.15, 0.2) is 12.4 Å². The van der Waals surface area contributed by atoms with Gasteiger partial charge in [-0.2, -0.15) is 4.31 Å². The molecule has 1 aliphatic heterocycles. The number of ether oxygens (including phenoxy) is 1. The van der Waals surface area contributed by atoms with Crippen molar-refractivity contribution in [2.24, 2.45) is 0 Å². The Bertz CT molecular complexity index is 925. The minimum Gasteiger partial charge on any atom is -0.453 e. The van der Waals surface area contributed by atoms with Gasteiger partial charge in [-0.25, -0.2) is 13.2 Å². The Labute approximate surface area is 162 Å². The second kappa shape index (κ2) is 8.33. The van der Waals surface area contributed by atoms with E-state index in [4.69, 9.17) is 4.74 Å². The lowest BCUT2D eigenvalue weighted by Crippen LogP contribution is -2.35.